The minimum Gasteiger partial charge on any atom is -0.394 e. The maximum absolute atomic E-state index is 11.9. The van der Waals surface area contributed by atoms with Gasteiger partial charge in [0.25, 0.3) is 0 Å². The smallest absolute Gasteiger partial charge is 0.317 e. The summed E-state index contributed by atoms with van der Waals surface area (Å²) in [6.45, 7) is 8.72. The summed E-state index contributed by atoms with van der Waals surface area (Å²) in [7, 11) is 1.57. The van der Waals surface area contributed by atoms with Crippen molar-refractivity contribution in [3.63, 3.8) is 0 Å². The summed E-state index contributed by atoms with van der Waals surface area (Å²) in [6.07, 6.45) is 4.08. The lowest BCUT2D eigenvalue weighted by Gasteiger charge is -2.27. The van der Waals surface area contributed by atoms with Gasteiger partial charge in [0.1, 0.15) is 6.29 Å². The van der Waals surface area contributed by atoms with Gasteiger partial charge in [-0.2, -0.15) is 0 Å². The standard InChI is InChI=1S/C16H30N2O4/c1-5-13(2)10-15(22-9-8-19)6-7-18(16(21)17-4)11-14(3)12-20/h5,12-15,19H,1,6-11H2,2-4H3,(H,17,21)/t13-,14?,15-/m0/s1. The van der Waals surface area contributed by atoms with Crippen molar-refractivity contribution < 1.29 is 19.4 Å². The predicted octanol–water partition coefficient (Wildman–Crippen LogP) is 1.44. The molecule has 0 saturated carbocycles. The third kappa shape index (κ3) is 8.79. The van der Waals surface area contributed by atoms with E-state index in [0.717, 1.165) is 12.7 Å². The van der Waals surface area contributed by atoms with Crippen LogP contribution in [0.15, 0.2) is 12.7 Å². The zero-order valence-corrected chi connectivity index (χ0v) is 14.0. The Morgan fingerprint density at radius 2 is 2.09 bits per heavy atom. The summed E-state index contributed by atoms with van der Waals surface area (Å²) in [6, 6.07) is -0.202. The Kier molecular flexibility index (Phi) is 11.4. The molecule has 0 aromatic heterocycles. The number of hydrogen-bond acceptors (Lipinski definition) is 4. The Morgan fingerprint density at radius 1 is 1.41 bits per heavy atom. The zero-order valence-electron chi connectivity index (χ0n) is 14.0. The molecule has 0 aromatic rings. The molecule has 0 aliphatic heterocycles. The normalized spacial score (nSPS) is 14.7. The van der Waals surface area contributed by atoms with Crippen molar-refractivity contribution >= 4 is 12.3 Å². The SMILES string of the molecule is C=C[C@H](C)C[C@H](CCN(CC(C)C=O)C(=O)NC)OCCO. The van der Waals surface area contributed by atoms with Gasteiger partial charge < -0.3 is 24.9 Å². The van der Waals surface area contributed by atoms with Crippen LogP contribution in [-0.4, -0.2) is 61.8 Å². The third-order valence-corrected chi connectivity index (χ3v) is 3.44. The van der Waals surface area contributed by atoms with E-state index in [-0.39, 0.29) is 31.3 Å². The molecule has 128 valence electrons. The van der Waals surface area contributed by atoms with Gasteiger partial charge in [-0.15, -0.1) is 6.58 Å². The minimum absolute atomic E-state index is 0.0275. The second-order valence-electron chi connectivity index (χ2n) is 5.57. The maximum atomic E-state index is 11.9. The Bertz CT molecular complexity index is 336. The number of nitrogens with one attached hydrogen (secondary N) is 1. The van der Waals surface area contributed by atoms with Gasteiger partial charge in [0.15, 0.2) is 0 Å². The van der Waals surface area contributed by atoms with E-state index in [1.54, 1.807) is 18.9 Å². The lowest BCUT2D eigenvalue weighted by molar-refractivity contribution is -0.111. The molecule has 0 saturated heterocycles. The molecule has 2 N–H and O–H groups in total. The molecule has 2 amide bonds. The molecular formula is C16H30N2O4. The maximum Gasteiger partial charge on any atom is 0.317 e. The van der Waals surface area contributed by atoms with Crippen LogP contribution in [0.25, 0.3) is 0 Å². The van der Waals surface area contributed by atoms with Crippen LogP contribution in [0, 0.1) is 11.8 Å². The number of urea groups is 1. The van der Waals surface area contributed by atoms with Gasteiger partial charge in [0.05, 0.1) is 19.3 Å². The Hall–Kier alpha value is -1.40. The van der Waals surface area contributed by atoms with Gasteiger partial charge in [-0.25, -0.2) is 4.79 Å². The van der Waals surface area contributed by atoms with Crippen molar-refractivity contribution in [3.05, 3.63) is 12.7 Å². The lowest BCUT2D eigenvalue weighted by atomic mass is 10.0. The van der Waals surface area contributed by atoms with Crippen LogP contribution in [-0.2, 0) is 9.53 Å². The first-order valence-corrected chi connectivity index (χ1v) is 7.75. The molecule has 6 heteroatoms. The number of aliphatic hydroxyl groups is 1. The fraction of sp³-hybridized carbons (Fsp3) is 0.750. The molecule has 0 aliphatic carbocycles. The zero-order chi connectivity index (χ0) is 17.0. The van der Waals surface area contributed by atoms with E-state index >= 15 is 0 Å². The van der Waals surface area contributed by atoms with Gasteiger partial charge in [0.2, 0.25) is 0 Å². The molecule has 0 heterocycles. The highest BCUT2D eigenvalue weighted by Crippen LogP contribution is 2.14. The molecule has 0 aromatic carbocycles. The van der Waals surface area contributed by atoms with E-state index in [0.29, 0.717) is 25.4 Å². The summed E-state index contributed by atoms with van der Waals surface area (Å²) < 4.78 is 5.63. The van der Waals surface area contributed by atoms with Crippen LogP contribution in [0.2, 0.25) is 0 Å². The Balaban J connectivity index is 4.59. The second-order valence-corrected chi connectivity index (χ2v) is 5.57. The van der Waals surface area contributed by atoms with E-state index in [2.05, 4.69) is 11.9 Å². The highest BCUT2D eigenvalue weighted by Gasteiger charge is 2.19. The predicted molar refractivity (Wildman–Crippen MR) is 86.7 cm³/mol. The van der Waals surface area contributed by atoms with Crippen molar-refractivity contribution in [1.82, 2.24) is 10.2 Å². The molecule has 3 atom stereocenters. The fourth-order valence-electron chi connectivity index (χ4n) is 2.12. The first-order valence-electron chi connectivity index (χ1n) is 7.75. The van der Waals surface area contributed by atoms with Gasteiger partial charge in [-0.3, -0.25) is 0 Å². The highest BCUT2D eigenvalue weighted by atomic mass is 16.5. The first-order chi connectivity index (χ1) is 10.5. The largest absolute Gasteiger partial charge is 0.394 e. The lowest BCUT2D eigenvalue weighted by Crippen LogP contribution is -2.42. The van der Waals surface area contributed by atoms with E-state index in [1.165, 1.54) is 0 Å². The number of amides is 2. The summed E-state index contributed by atoms with van der Waals surface area (Å²) in [5.74, 6) is 0.0900. The highest BCUT2D eigenvalue weighted by molar-refractivity contribution is 5.74. The number of hydrogen-bond donors (Lipinski definition) is 2. The van der Waals surface area contributed by atoms with Crippen molar-refractivity contribution in [3.8, 4) is 0 Å². The average Bonchev–Trinajstić information content (AvgIpc) is 2.54. The topological polar surface area (TPSA) is 78.9 Å². The molecule has 0 bridgehead atoms. The number of allylic oxidation sites excluding steroid dienone is 1. The Morgan fingerprint density at radius 3 is 2.59 bits per heavy atom. The number of aliphatic hydroxyl groups excluding tert-OH is 1. The van der Waals surface area contributed by atoms with Crippen molar-refractivity contribution in [2.75, 3.05) is 33.4 Å². The molecule has 0 spiro atoms. The number of carbonyl (C=O) groups is 2. The number of carbonyl (C=O) groups excluding carboxylic acids is 2. The molecule has 0 aliphatic rings. The second kappa shape index (κ2) is 12.2. The summed E-state index contributed by atoms with van der Waals surface area (Å²) >= 11 is 0. The van der Waals surface area contributed by atoms with Gasteiger partial charge in [-0.05, 0) is 18.8 Å². The quantitative estimate of drug-likeness (QED) is 0.422. The van der Waals surface area contributed by atoms with Crippen molar-refractivity contribution in [1.29, 1.82) is 0 Å². The van der Waals surface area contributed by atoms with E-state index in [1.807, 2.05) is 13.0 Å². The summed E-state index contributed by atoms with van der Waals surface area (Å²) in [5.41, 5.74) is 0. The van der Waals surface area contributed by atoms with Crippen LogP contribution in [0.1, 0.15) is 26.7 Å². The van der Waals surface area contributed by atoms with Gasteiger partial charge >= 0.3 is 6.03 Å². The van der Waals surface area contributed by atoms with Crippen molar-refractivity contribution in [2.45, 2.75) is 32.8 Å². The number of aldehydes is 1. The van der Waals surface area contributed by atoms with Crippen molar-refractivity contribution in [2.24, 2.45) is 11.8 Å². The van der Waals surface area contributed by atoms with Crippen LogP contribution < -0.4 is 5.32 Å². The molecule has 6 nitrogen and oxygen atoms in total. The molecular weight excluding hydrogens is 284 g/mol. The fourth-order valence-corrected chi connectivity index (χ4v) is 2.12. The molecule has 1 unspecified atom stereocenters. The van der Waals surface area contributed by atoms with Gasteiger partial charge in [-0.1, -0.05) is 19.9 Å². The average molecular weight is 314 g/mol. The number of nitrogens with zero attached hydrogens (tertiary/aromatic N) is 1. The van der Waals surface area contributed by atoms with Crippen LogP contribution in [0.5, 0.6) is 0 Å². The van der Waals surface area contributed by atoms with E-state index < -0.39 is 0 Å². The number of rotatable bonds is 12. The van der Waals surface area contributed by atoms with E-state index in [9.17, 15) is 9.59 Å². The molecule has 0 radical (unpaired) electrons. The van der Waals surface area contributed by atoms with E-state index in [4.69, 9.17) is 9.84 Å². The van der Waals surface area contributed by atoms with Gasteiger partial charge in [0, 0.05) is 26.1 Å². The van der Waals surface area contributed by atoms with Crippen LogP contribution >= 0.6 is 0 Å². The molecule has 0 rings (SSSR count). The monoisotopic (exact) mass is 314 g/mol. The Labute approximate surface area is 133 Å². The first kappa shape index (κ1) is 20.6. The minimum atomic E-state index is -0.207. The molecule has 0 fully saturated rings. The summed E-state index contributed by atoms with van der Waals surface area (Å²) in [4.78, 5) is 24.3. The van der Waals surface area contributed by atoms with Crippen LogP contribution in [0.3, 0.4) is 0 Å². The third-order valence-electron chi connectivity index (χ3n) is 3.44. The van der Waals surface area contributed by atoms with Crippen LogP contribution in [0.4, 0.5) is 4.79 Å². The number of ether oxygens (including phenoxy) is 1. The molecule has 22 heavy (non-hydrogen) atoms. The summed E-state index contributed by atoms with van der Waals surface area (Å²) in [5, 5.41) is 11.5.